The third-order valence-electron chi connectivity index (χ3n) is 2.89. The van der Waals surface area contributed by atoms with Crippen molar-refractivity contribution in [3.8, 4) is 5.75 Å². The molecule has 0 fully saturated rings. The Hall–Kier alpha value is -2.29. The van der Waals surface area contributed by atoms with Crippen LogP contribution in [0.25, 0.3) is 21.9 Å². The third-order valence-corrected chi connectivity index (χ3v) is 2.89. The van der Waals surface area contributed by atoms with Crippen LogP contribution >= 0.6 is 0 Å². The Morgan fingerprint density at radius 2 is 1.94 bits per heavy atom. The van der Waals surface area contributed by atoms with Crippen LogP contribution in [0.3, 0.4) is 0 Å². The highest BCUT2D eigenvalue weighted by Crippen LogP contribution is 2.23. The van der Waals surface area contributed by atoms with Gasteiger partial charge >= 0.3 is 0 Å². The zero-order chi connectivity index (χ0) is 12.0. The van der Waals surface area contributed by atoms with Crippen LogP contribution in [0.4, 0.5) is 0 Å². The van der Waals surface area contributed by atoms with E-state index in [-0.39, 0.29) is 11.2 Å². The number of rotatable bonds is 0. The Morgan fingerprint density at radius 3 is 2.76 bits per heavy atom. The molecule has 0 aliphatic heterocycles. The molecule has 0 atom stereocenters. The molecule has 0 spiro atoms. The zero-order valence-corrected chi connectivity index (χ0v) is 9.23. The topological polar surface area (TPSA) is 50.4 Å². The van der Waals surface area contributed by atoms with Gasteiger partial charge in [0.2, 0.25) is 5.43 Å². The summed E-state index contributed by atoms with van der Waals surface area (Å²) in [5.41, 5.74) is 1.84. The number of phenols is 1. The van der Waals surface area contributed by atoms with E-state index in [1.54, 1.807) is 12.1 Å². The van der Waals surface area contributed by atoms with Crippen LogP contribution < -0.4 is 5.43 Å². The molecule has 17 heavy (non-hydrogen) atoms. The fraction of sp³-hybridized carbons (Fsp3) is 0.0714. The smallest absolute Gasteiger partial charge is 0.200 e. The highest BCUT2D eigenvalue weighted by Gasteiger charge is 2.09. The fourth-order valence-electron chi connectivity index (χ4n) is 2.05. The van der Waals surface area contributed by atoms with Gasteiger partial charge < -0.3 is 9.52 Å². The first-order valence-corrected chi connectivity index (χ1v) is 5.32. The van der Waals surface area contributed by atoms with Gasteiger partial charge in [-0.2, -0.15) is 0 Å². The summed E-state index contributed by atoms with van der Waals surface area (Å²) in [7, 11) is 0. The predicted molar refractivity (Wildman–Crippen MR) is 66.4 cm³/mol. The maximum Gasteiger partial charge on any atom is 0.200 e. The molecule has 1 aromatic heterocycles. The van der Waals surface area contributed by atoms with E-state index in [0.717, 1.165) is 5.56 Å². The number of aromatic hydroxyl groups is 1. The maximum absolute atomic E-state index is 12.3. The van der Waals surface area contributed by atoms with Crippen molar-refractivity contribution in [1.29, 1.82) is 0 Å². The lowest BCUT2D eigenvalue weighted by molar-refractivity contribution is 0.475. The molecule has 2 aromatic carbocycles. The molecule has 0 radical (unpaired) electrons. The summed E-state index contributed by atoms with van der Waals surface area (Å²) in [6, 6.07) is 10.0. The molecular formula is C14H10O3. The molecule has 0 amide bonds. The van der Waals surface area contributed by atoms with Gasteiger partial charge in [-0.05, 0) is 36.8 Å². The van der Waals surface area contributed by atoms with Crippen LogP contribution in [0.5, 0.6) is 5.75 Å². The third kappa shape index (κ3) is 1.40. The molecule has 0 saturated heterocycles. The Bertz CT molecular complexity index is 784. The number of phenolic OH excluding ortho intramolecular Hbond substituents is 1. The molecule has 84 valence electrons. The average molecular weight is 226 g/mol. The van der Waals surface area contributed by atoms with Crippen molar-refractivity contribution in [2.45, 2.75) is 6.92 Å². The van der Waals surface area contributed by atoms with E-state index < -0.39 is 0 Å². The van der Waals surface area contributed by atoms with Gasteiger partial charge in [-0.3, -0.25) is 4.79 Å². The van der Waals surface area contributed by atoms with Crippen molar-refractivity contribution in [2.24, 2.45) is 0 Å². The minimum Gasteiger partial charge on any atom is -0.508 e. The minimum absolute atomic E-state index is 0.0673. The Morgan fingerprint density at radius 1 is 1.12 bits per heavy atom. The highest BCUT2D eigenvalue weighted by atomic mass is 16.3. The highest BCUT2D eigenvalue weighted by molar-refractivity contribution is 5.91. The first-order valence-electron chi connectivity index (χ1n) is 5.32. The van der Waals surface area contributed by atoms with E-state index in [1.807, 2.05) is 19.1 Å². The van der Waals surface area contributed by atoms with Crippen LogP contribution in [0.2, 0.25) is 0 Å². The average Bonchev–Trinajstić information content (AvgIpc) is 2.30. The summed E-state index contributed by atoms with van der Waals surface area (Å²) in [6.45, 7) is 1.87. The lowest BCUT2D eigenvalue weighted by Gasteiger charge is -2.03. The van der Waals surface area contributed by atoms with Crippen LogP contribution in [0.15, 0.2) is 45.6 Å². The summed E-state index contributed by atoms with van der Waals surface area (Å²) in [5, 5.41) is 10.4. The van der Waals surface area contributed by atoms with Gasteiger partial charge in [0.25, 0.3) is 0 Å². The van der Waals surface area contributed by atoms with Crippen molar-refractivity contribution in [3.05, 3.63) is 52.2 Å². The lowest BCUT2D eigenvalue weighted by atomic mass is 10.1. The molecule has 0 bridgehead atoms. The van der Waals surface area contributed by atoms with Crippen LogP contribution in [0.1, 0.15) is 5.56 Å². The van der Waals surface area contributed by atoms with Crippen LogP contribution in [0, 0.1) is 6.92 Å². The summed E-state index contributed by atoms with van der Waals surface area (Å²) in [6.07, 6.45) is 0. The standard InChI is InChI=1S/C14H10O3/c1-8-3-2-4-12-13(8)14(16)10-7-9(15)5-6-11(10)17-12/h2-7,15H,1H3. The molecule has 3 nitrogen and oxygen atoms in total. The van der Waals surface area contributed by atoms with E-state index >= 15 is 0 Å². The second-order valence-electron chi connectivity index (χ2n) is 4.06. The van der Waals surface area contributed by atoms with Gasteiger partial charge in [-0.25, -0.2) is 0 Å². The van der Waals surface area contributed by atoms with E-state index in [9.17, 15) is 9.90 Å². The Balaban J connectivity index is 2.63. The number of benzene rings is 2. The summed E-state index contributed by atoms with van der Waals surface area (Å²) in [4.78, 5) is 12.3. The van der Waals surface area contributed by atoms with Crippen LogP contribution in [-0.4, -0.2) is 5.11 Å². The zero-order valence-electron chi connectivity index (χ0n) is 9.23. The summed E-state index contributed by atoms with van der Waals surface area (Å²) >= 11 is 0. The minimum atomic E-state index is -0.102. The first-order chi connectivity index (χ1) is 8.16. The number of hydrogen-bond donors (Lipinski definition) is 1. The SMILES string of the molecule is Cc1cccc2oc3ccc(O)cc3c(=O)c12. The molecule has 0 saturated carbocycles. The van der Waals surface area contributed by atoms with Crippen molar-refractivity contribution < 1.29 is 9.52 Å². The van der Waals surface area contributed by atoms with Gasteiger partial charge in [0.1, 0.15) is 16.9 Å². The van der Waals surface area contributed by atoms with E-state index in [0.29, 0.717) is 21.9 Å². The van der Waals surface area contributed by atoms with Gasteiger partial charge in [0.05, 0.1) is 10.8 Å². The second kappa shape index (κ2) is 3.35. The second-order valence-corrected chi connectivity index (χ2v) is 4.06. The molecule has 0 aliphatic carbocycles. The molecular weight excluding hydrogens is 216 g/mol. The van der Waals surface area contributed by atoms with Crippen LogP contribution in [-0.2, 0) is 0 Å². The van der Waals surface area contributed by atoms with E-state index in [1.165, 1.54) is 12.1 Å². The van der Waals surface area contributed by atoms with Crippen molar-refractivity contribution in [3.63, 3.8) is 0 Å². The van der Waals surface area contributed by atoms with Gasteiger partial charge in [-0.15, -0.1) is 0 Å². The molecule has 0 aliphatic rings. The van der Waals surface area contributed by atoms with E-state index in [2.05, 4.69) is 0 Å². The quantitative estimate of drug-likeness (QED) is 0.599. The molecule has 3 rings (SSSR count). The monoisotopic (exact) mass is 226 g/mol. The normalized spacial score (nSPS) is 11.1. The summed E-state index contributed by atoms with van der Waals surface area (Å²) < 4.78 is 5.65. The molecule has 1 heterocycles. The molecule has 1 N–H and O–H groups in total. The van der Waals surface area contributed by atoms with Crippen molar-refractivity contribution in [1.82, 2.24) is 0 Å². The molecule has 0 unspecified atom stereocenters. The van der Waals surface area contributed by atoms with Gasteiger partial charge in [-0.1, -0.05) is 12.1 Å². The van der Waals surface area contributed by atoms with Crippen molar-refractivity contribution >= 4 is 21.9 Å². The van der Waals surface area contributed by atoms with Gasteiger partial charge in [0.15, 0.2) is 0 Å². The number of aryl methyl sites for hydroxylation is 1. The Labute approximate surface area is 96.9 Å². The lowest BCUT2D eigenvalue weighted by Crippen LogP contribution is -2.03. The largest absolute Gasteiger partial charge is 0.508 e. The van der Waals surface area contributed by atoms with Gasteiger partial charge in [0, 0.05) is 0 Å². The predicted octanol–water partition coefficient (Wildman–Crippen LogP) is 2.96. The van der Waals surface area contributed by atoms with E-state index in [4.69, 9.17) is 4.42 Å². The molecule has 3 heteroatoms. The number of hydrogen-bond acceptors (Lipinski definition) is 3. The van der Waals surface area contributed by atoms with Crippen molar-refractivity contribution in [2.75, 3.05) is 0 Å². The maximum atomic E-state index is 12.3. The fourth-order valence-corrected chi connectivity index (χ4v) is 2.05. The number of fused-ring (bicyclic) bond motifs is 2. The first kappa shape index (κ1) is 9.90. The summed E-state index contributed by atoms with van der Waals surface area (Å²) in [5.74, 6) is 0.0673. The Kier molecular flexibility index (Phi) is 1.95. The molecule has 3 aromatic rings.